The molecule has 0 saturated carbocycles. The molecule has 0 bridgehead atoms. The van der Waals surface area contributed by atoms with Gasteiger partial charge in [-0.15, -0.1) is 0 Å². The van der Waals surface area contributed by atoms with Crippen LogP contribution in [0.2, 0.25) is 0 Å². The van der Waals surface area contributed by atoms with Gasteiger partial charge in [-0.1, -0.05) is 13.3 Å². The molecule has 0 aromatic heterocycles. The summed E-state index contributed by atoms with van der Waals surface area (Å²) in [7, 11) is 1.57. The van der Waals surface area contributed by atoms with Crippen LogP contribution in [0.25, 0.3) is 0 Å². The van der Waals surface area contributed by atoms with E-state index in [0.717, 1.165) is 12.8 Å². The molecule has 1 atom stereocenters. The van der Waals surface area contributed by atoms with Crippen molar-refractivity contribution in [2.75, 3.05) is 6.61 Å². The van der Waals surface area contributed by atoms with Crippen LogP contribution in [-0.4, -0.2) is 20.9 Å². The molecule has 2 rings (SSSR count). The largest absolute Gasteiger partial charge is 0.493 e. The molecule has 5 nitrogen and oxygen atoms in total. The Bertz CT molecular complexity index is 630. The molecule has 116 valence electrons. The molecule has 1 heterocycles. The van der Waals surface area contributed by atoms with E-state index in [1.54, 1.807) is 6.07 Å². The molecule has 7 heteroatoms. The molecule has 1 unspecified atom stereocenters. The van der Waals surface area contributed by atoms with Crippen LogP contribution in [0.4, 0.5) is 0 Å². The number of ether oxygens (including phenoxy) is 1. The van der Waals surface area contributed by atoms with Gasteiger partial charge < -0.3 is 10.1 Å². The number of carbonyl (C=O) groups is 1. The van der Waals surface area contributed by atoms with Gasteiger partial charge in [0.1, 0.15) is 5.75 Å². The average molecular weight is 332 g/mol. The molecule has 1 N–H and O–H groups in total. The van der Waals surface area contributed by atoms with E-state index in [0.29, 0.717) is 30.8 Å². The zero-order chi connectivity index (χ0) is 15.5. The van der Waals surface area contributed by atoms with Gasteiger partial charge in [0.25, 0.3) is 9.05 Å². The van der Waals surface area contributed by atoms with Gasteiger partial charge in [-0.25, -0.2) is 8.42 Å². The molecule has 0 spiro atoms. The van der Waals surface area contributed by atoms with E-state index >= 15 is 0 Å². The third kappa shape index (κ3) is 4.11. The first-order valence-electron chi connectivity index (χ1n) is 6.92. The Hall–Kier alpha value is -1.27. The lowest BCUT2D eigenvalue weighted by Gasteiger charge is -2.27. The number of amides is 1. The standard InChI is InChI=1S/C14H18ClNO4S/c1-2-3-4-14(17)16-12-7-8-20-13-6-5-10(9-11(12)13)21(15,18)19/h5-6,9,12H,2-4,7-8H2,1H3,(H,16,17). The minimum absolute atomic E-state index is 0.0150. The van der Waals surface area contributed by atoms with E-state index in [4.69, 9.17) is 15.4 Å². The lowest BCUT2D eigenvalue weighted by Crippen LogP contribution is -2.32. The zero-order valence-electron chi connectivity index (χ0n) is 11.8. The normalized spacial score (nSPS) is 17.7. The van der Waals surface area contributed by atoms with Crippen molar-refractivity contribution in [2.45, 2.75) is 43.5 Å². The Labute approximate surface area is 129 Å². The second-order valence-corrected chi connectivity index (χ2v) is 7.56. The summed E-state index contributed by atoms with van der Waals surface area (Å²) >= 11 is 0. The first kappa shape index (κ1) is 16.1. The highest BCUT2D eigenvalue weighted by molar-refractivity contribution is 8.13. The summed E-state index contributed by atoms with van der Waals surface area (Å²) < 4.78 is 28.3. The van der Waals surface area contributed by atoms with Gasteiger partial charge >= 0.3 is 0 Å². The maximum Gasteiger partial charge on any atom is 0.261 e. The zero-order valence-corrected chi connectivity index (χ0v) is 13.3. The number of nitrogens with one attached hydrogen (secondary N) is 1. The van der Waals surface area contributed by atoms with Crippen LogP contribution in [0, 0.1) is 0 Å². The molecule has 1 aromatic rings. The number of carbonyl (C=O) groups excluding carboxylic acids is 1. The van der Waals surface area contributed by atoms with Gasteiger partial charge in [0.15, 0.2) is 0 Å². The highest BCUT2D eigenvalue weighted by Crippen LogP contribution is 2.34. The lowest BCUT2D eigenvalue weighted by molar-refractivity contribution is -0.122. The van der Waals surface area contributed by atoms with Crippen LogP contribution in [0.1, 0.15) is 44.2 Å². The molecular formula is C14H18ClNO4S. The maximum absolute atomic E-state index is 11.9. The molecule has 1 amide bonds. The van der Waals surface area contributed by atoms with Crippen molar-refractivity contribution < 1.29 is 17.9 Å². The predicted octanol–water partition coefficient (Wildman–Crippen LogP) is 2.74. The Balaban J connectivity index is 2.23. The summed E-state index contributed by atoms with van der Waals surface area (Å²) in [6, 6.07) is 4.22. The van der Waals surface area contributed by atoms with Crippen LogP contribution < -0.4 is 10.1 Å². The minimum atomic E-state index is -3.80. The van der Waals surface area contributed by atoms with Crippen molar-refractivity contribution in [1.82, 2.24) is 5.32 Å². The maximum atomic E-state index is 11.9. The topological polar surface area (TPSA) is 72.5 Å². The Morgan fingerprint density at radius 2 is 2.24 bits per heavy atom. The van der Waals surface area contributed by atoms with Gasteiger partial charge in [-0.05, 0) is 24.6 Å². The second kappa shape index (κ2) is 6.66. The van der Waals surface area contributed by atoms with Gasteiger partial charge in [-0.3, -0.25) is 4.79 Å². The molecule has 1 aliphatic heterocycles. The average Bonchev–Trinajstić information content (AvgIpc) is 2.44. The van der Waals surface area contributed by atoms with E-state index in [2.05, 4.69) is 5.32 Å². The smallest absolute Gasteiger partial charge is 0.261 e. The molecular weight excluding hydrogens is 314 g/mol. The number of hydrogen-bond acceptors (Lipinski definition) is 4. The SMILES string of the molecule is CCCCC(=O)NC1CCOc2ccc(S(=O)(=O)Cl)cc21. The fourth-order valence-corrected chi connectivity index (χ4v) is 3.06. The summed E-state index contributed by atoms with van der Waals surface area (Å²) in [5.74, 6) is 0.556. The molecule has 0 fully saturated rings. The summed E-state index contributed by atoms with van der Waals surface area (Å²) in [4.78, 5) is 11.9. The number of fused-ring (bicyclic) bond motifs is 1. The summed E-state index contributed by atoms with van der Waals surface area (Å²) in [5, 5.41) is 2.93. The summed E-state index contributed by atoms with van der Waals surface area (Å²) in [6.45, 7) is 2.51. The predicted molar refractivity (Wildman–Crippen MR) is 80.0 cm³/mol. The van der Waals surface area contributed by atoms with E-state index < -0.39 is 9.05 Å². The van der Waals surface area contributed by atoms with Crippen molar-refractivity contribution in [3.8, 4) is 5.75 Å². The van der Waals surface area contributed by atoms with Crippen LogP contribution in [0.3, 0.4) is 0 Å². The molecule has 0 radical (unpaired) electrons. The van der Waals surface area contributed by atoms with Gasteiger partial charge in [0.05, 0.1) is 17.5 Å². The summed E-state index contributed by atoms with van der Waals surface area (Å²) in [6.07, 6.45) is 2.86. The number of rotatable bonds is 5. The Morgan fingerprint density at radius 1 is 1.48 bits per heavy atom. The third-order valence-corrected chi connectivity index (χ3v) is 4.75. The number of benzene rings is 1. The van der Waals surface area contributed by atoms with Gasteiger partial charge in [-0.2, -0.15) is 0 Å². The second-order valence-electron chi connectivity index (χ2n) is 5.00. The highest BCUT2D eigenvalue weighted by Gasteiger charge is 2.25. The van der Waals surface area contributed by atoms with Crippen LogP contribution >= 0.6 is 10.7 Å². The molecule has 21 heavy (non-hydrogen) atoms. The minimum Gasteiger partial charge on any atom is -0.493 e. The first-order valence-corrected chi connectivity index (χ1v) is 9.23. The van der Waals surface area contributed by atoms with Crippen LogP contribution in [0.5, 0.6) is 5.75 Å². The monoisotopic (exact) mass is 331 g/mol. The third-order valence-electron chi connectivity index (χ3n) is 3.39. The number of hydrogen-bond donors (Lipinski definition) is 1. The van der Waals surface area contributed by atoms with Crippen molar-refractivity contribution in [1.29, 1.82) is 0 Å². The summed E-state index contributed by atoms with van der Waals surface area (Å²) in [5.41, 5.74) is 0.660. The van der Waals surface area contributed by atoms with E-state index in [1.807, 2.05) is 6.92 Å². The highest BCUT2D eigenvalue weighted by atomic mass is 35.7. The van der Waals surface area contributed by atoms with Crippen molar-refractivity contribution in [3.63, 3.8) is 0 Å². The van der Waals surface area contributed by atoms with Crippen molar-refractivity contribution in [3.05, 3.63) is 23.8 Å². The Morgan fingerprint density at radius 3 is 2.90 bits per heavy atom. The van der Waals surface area contributed by atoms with Gasteiger partial charge in [0, 0.05) is 29.1 Å². The van der Waals surface area contributed by atoms with Crippen molar-refractivity contribution in [2.24, 2.45) is 0 Å². The fourth-order valence-electron chi connectivity index (χ4n) is 2.28. The van der Waals surface area contributed by atoms with E-state index in [9.17, 15) is 13.2 Å². The van der Waals surface area contributed by atoms with Crippen LogP contribution in [-0.2, 0) is 13.8 Å². The number of unbranched alkanes of at least 4 members (excludes halogenated alkanes) is 1. The quantitative estimate of drug-likeness (QED) is 0.842. The molecule has 0 aliphatic carbocycles. The first-order chi connectivity index (χ1) is 9.91. The fraction of sp³-hybridized carbons (Fsp3) is 0.500. The number of halogens is 1. The molecule has 1 aliphatic rings. The van der Waals surface area contributed by atoms with E-state index in [1.165, 1.54) is 12.1 Å². The Kier molecular flexibility index (Phi) is 5.11. The molecule has 0 saturated heterocycles. The lowest BCUT2D eigenvalue weighted by atomic mass is 10.0. The van der Waals surface area contributed by atoms with Crippen molar-refractivity contribution >= 4 is 25.6 Å². The van der Waals surface area contributed by atoms with Gasteiger partial charge in [0.2, 0.25) is 5.91 Å². The van der Waals surface area contributed by atoms with E-state index in [-0.39, 0.29) is 16.8 Å². The van der Waals surface area contributed by atoms with Crippen LogP contribution in [0.15, 0.2) is 23.1 Å². The molecule has 1 aromatic carbocycles.